The van der Waals surface area contributed by atoms with Crippen LogP contribution in [-0.2, 0) is 28.6 Å². The van der Waals surface area contributed by atoms with Crippen LogP contribution < -0.4 is 0 Å². The summed E-state index contributed by atoms with van der Waals surface area (Å²) in [7, 11) is 3.10. The van der Waals surface area contributed by atoms with Crippen LogP contribution in [0.2, 0.25) is 0 Å². The van der Waals surface area contributed by atoms with Crippen LogP contribution in [0.5, 0.6) is 0 Å². The normalized spacial score (nSPS) is 23.0. The standard InChI is InChI=1S/C35H62O8/c1-6-7-8-10-14-20-28(41-4)21-15-12-9-11-13-19-26(2)43-35(40)31-24-18-25-32(34(39)42-5)30(33(37)38)23-17-16-22-29(31)27(3)36/h26,28-32,36H,3,6-25H2,1-2,4-5H3,(H,37,38). The van der Waals surface area contributed by atoms with Crippen molar-refractivity contribution in [2.75, 3.05) is 14.2 Å². The SMILES string of the molecule is C=C(O)C1CCCCC(C(=O)O)C(C(=O)OC)CCCC1C(=O)OC(C)CCCCCCCC(CCCCCCC)OC. The minimum Gasteiger partial charge on any atom is -0.513 e. The third-order valence-corrected chi connectivity index (χ3v) is 9.25. The minimum absolute atomic E-state index is 0.0413. The van der Waals surface area contributed by atoms with Gasteiger partial charge in [-0.2, -0.15) is 0 Å². The number of allylic oxidation sites excluding steroid dienone is 1. The Morgan fingerprint density at radius 1 is 0.698 bits per heavy atom. The lowest BCUT2D eigenvalue weighted by atomic mass is 9.82. The first-order chi connectivity index (χ1) is 20.7. The molecule has 43 heavy (non-hydrogen) atoms. The van der Waals surface area contributed by atoms with Crippen molar-refractivity contribution in [2.24, 2.45) is 23.7 Å². The molecule has 0 aliphatic heterocycles. The predicted octanol–water partition coefficient (Wildman–Crippen LogP) is 8.56. The van der Waals surface area contributed by atoms with Crippen molar-refractivity contribution in [3.8, 4) is 0 Å². The Morgan fingerprint density at radius 2 is 1.19 bits per heavy atom. The van der Waals surface area contributed by atoms with Crippen LogP contribution in [0.1, 0.15) is 142 Å². The lowest BCUT2D eigenvalue weighted by Gasteiger charge is -2.26. The van der Waals surface area contributed by atoms with Gasteiger partial charge in [-0.1, -0.05) is 90.6 Å². The number of hydrogen-bond donors (Lipinski definition) is 2. The molecule has 0 aromatic heterocycles. The number of unbranched alkanes of at least 4 members (excludes halogenated alkanes) is 8. The maximum Gasteiger partial charge on any atom is 0.309 e. The number of aliphatic hydroxyl groups is 1. The van der Waals surface area contributed by atoms with Gasteiger partial charge in [0.15, 0.2) is 0 Å². The van der Waals surface area contributed by atoms with Gasteiger partial charge in [0.25, 0.3) is 0 Å². The predicted molar refractivity (Wildman–Crippen MR) is 170 cm³/mol. The van der Waals surface area contributed by atoms with E-state index < -0.39 is 35.6 Å². The zero-order valence-electron chi connectivity index (χ0n) is 27.7. The van der Waals surface area contributed by atoms with Crippen LogP contribution in [0.4, 0.5) is 0 Å². The molecule has 250 valence electrons. The fourth-order valence-corrected chi connectivity index (χ4v) is 6.54. The number of esters is 2. The summed E-state index contributed by atoms with van der Waals surface area (Å²) in [6.07, 6.45) is 18.4. The van der Waals surface area contributed by atoms with Crippen molar-refractivity contribution in [3.05, 3.63) is 12.3 Å². The number of aliphatic hydroxyl groups excluding tert-OH is 1. The molecule has 0 radical (unpaired) electrons. The van der Waals surface area contributed by atoms with E-state index in [1.165, 1.54) is 52.1 Å². The molecule has 1 fully saturated rings. The highest BCUT2D eigenvalue weighted by atomic mass is 16.5. The second-order valence-corrected chi connectivity index (χ2v) is 12.6. The van der Waals surface area contributed by atoms with Crippen LogP contribution in [0, 0.1) is 23.7 Å². The molecule has 0 saturated heterocycles. The number of carbonyl (C=O) groups excluding carboxylic acids is 2. The number of aliphatic carboxylic acids is 1. The average Bonchev–Trinajstić information content (AvgIpc) is 3.02. The number of carboxylic acid groups (broad SMARTS) is 1. The molecule has 8 nitrogen and oxygen atoms in total. The van der Waals surface area contributed by atoms with Gasteiger partial charge < -0.3 is 24.4 Å². The Kier molecular flexibility index (Phi) is 21.1. The smallest absolute Gasteiger partial charge is 0.309 e. The van der Waals surface area contributed by atoms with E-state index in [1.807, 2.05) is 14.0 Å². The molecule has 0 spiro atoms. The third kappa shape index (κ3) is 16.0. The lowest BCUT2D eigenvalue weighted by molar-refractivity contribution is -0.157. The zero-order valence-corrected chi connectivity index (χ0v) is 27.7. The Morgan fingerprint density at radius 3 is 1.70 bits per heavy atom. The summed E-state index contributed by atoms with van der Waals surface area (Å²) in [5, 5.41) is 20.1. The molecule has 8 heteroatoms. The molecule has 1 aliphatic carbocycles. The first-order valence-electron chi connectivity index (χ1n) is 17.1. The fraction of sp³-hybridized carbons (Fsp3) is 0.857. The van der Waals surface area contributed by atoms with Gasteiger partial charge in [0.05, 0.1) is 42.8 Å². The molecule has 0 amide bonds. The van der Waals surface area contributed by atoms with Gasteiger partial charge in [0.2, 0.25) is 0 Å². The first kappa shape index (κ1) is 38.9. The van der Waals surface area contributed by atoms with Gasteiger partial charge in [0.1, 0.15) is 0 Å². The van der Waals surface area contributed by atoms with Crippen LogP contribution in [0.15, 0.2) is 12.3 Å². The molecular weight excluding hydrogens is 548 g/mol. The Balaban J connectivity index is 2.53. The molecule has 1 rings (SSSR count). The number of carboxylic acids is 1. The highest BCUT2D eigenvalue weighted by molar-refractivity contribution is 5.81. The van der Waals surface area contributed by atoms with Crippen LogP contribution in [-0.4, -0.2) is 54.5 Å². The van der Waals surface area contributed by atoms with Gasteiger partial charge in [-0.15, -0.1) is 0 Å². The third-order valence-electron chi connectivity index (χ3n) is 9.25. The van der Waals surface area contributed by atoms with Crippen molar-refractivity contribution < 1.29 is 38.8 Å². The van der Waals surface area contributed by atoms with E-state index in [0.717, 1.165) is 38.5 Å². The summed E-state index contributed by atoms with van der Waals surface area (Å²) in [6, 6.07) is 0. The maximum absolute atomic E-state index is 13.3. The summed E-state index contributed by atoms with van der Waals surface area (Å²) >= 11 is 0. The monoisotopic (exact) mass is 610 g/mol. The zero-order chi connectivity index (χ0) is 32.0. The van der Waals surface area contributed by atoms with E-state index >= 15 is 0 Å². The second kappa shape index (κ2) is 23.3. The van der Waals surface area contributed by atoms with Crippen molar-refractivity contribution in [3.63, 3.8) is 0 Å². The van der Waals surface area contributed by atoms with E-state index in [0.29, 0.717) is 51.0 Å². The number of methoxy groups -OCH3 is 2. The molecule has 0 bridgehead atoms. The summed E-state index contributed by atoms with van der Waals surface area (Å²) in [5.74, 6) is -4.55. The fourth-order valence-electron chi connectivity index (χ4n) is 6.54. The summed E-state index contributed by atoms with van der Waals surface area (Å²) < 4.78 is 16.5. The summed E-state index contributed by atoms with van der Waals surface area (Å²) in [6.45, 7) is 7.90. The van der Waals surface area contributed by atoms with E-state index in [-0.39, 0.29) is 17.8 Å². The average molecular weight is 611 g/mol. The van der Waals surface area contributed by atoms with Crippen LogP contribution >= 0.6 is 0 Å². The molecular formula is C35H62O8. The summed E-state index contributed by atoms with van der Waals surface area (Å²) in [4.78, 5) is 37.7. The van der Waals surface area contributed by atoms with Crippen LogP contribution in [0.3, 0.4) is 0 Å². The minimum atomic E-state index is -1.00. The van der Waals surface area contributed by atoms with Crippen molar-refractivity contribution in [2.45, 2.75) is 154 Å². The van der Waals surface area contributed by atoms with Gasteiger partial charge >= 0.3 is 17.9 Å². The van der Waals surface area contributed by atoms with Crippen molar-refractivity contribution >= 4 is 17.9 Å². The van der Waals surface area contributed by atoms with E-state index in [2.05, 4.69) is 13.5 Å². The Hall–Kier alpha value is -2.09. The highest BCUT2D eigenvalue weighted by Gasteiger charge is 2.37. The molecule has 1 saturated carbocycles. The van der Waals surface area contributed by atoms with E-state index in [1.54, 1.807) is 0 Å². The molecule has 2 N–H and O–H groups in total. The van der Waals surface area contributed by atoms with Crippen molar-refractivity contribution in [1.29, 1.82) is 0 Å². The Bertz CT molecular complexity index is 797. The molecule has 6 unspecified atom stereocenters. The van der Waals surface area contributed by atoms with Gasteiger partial charge in [0, 0.05) is 13.0 Å². The second-order valence-electron chi connectivity index (χ2n) is 12.6. The molecule has 0 aromatic carbocycles. The number of hydrogen-bond acceptors (Lipinski definition) is 7. The number of carbonyl (C=O) groups is 3. The Labute approximate surface area is 261 Å². The van der Waals surface area contributed by atoms with Gasteiger partial charge in [-0.25, -0.2) is 0 Å². The van der Waals surface area contributed by atoms with Crippen LogP contribution in [0.25, 0.3) is 0 Å². The van der Waals surface area contributed by atoms with E-state index in [9.17, 15) is 24.6 Å². The topological polar surface area (TPSA) is 119 Å². The van der Waals surface area contributed by atoms with Gasteiger partial charge in [-0.3, -0.25) is 14.4 Å². The first-order valence-corrected chi connectivity index (χ1v) is 17.1. The molecule has 1 aliphatic rings. The molecule has 0 aromatic rings. The summed E-state index contributed by atoms with van der Waals surface area (Å²) in [5.41, 5.74) is 0. The maximum atomic E-state index is 13.3. The number of rotatable bonds is 20. The molecule has 6 atom stereocenters. The van der Waals surface area contributed by atoms with Crippen molar-refractivity contribution in [1.82, 2.24) is 0 Å². The van der Waals surface area contributed by atoms with Gasteiger partial charge in [-0.05, 0) is 58.3 Å². The molecule has 0 heterocycles. The lowest BCUT2D eigenvalue weighted by Crippen LogP contribution is -2.31. The highest BCUT2D eigenvalue weighted by Crippen LogP contribution is 2.35. The van der Waals surface area contributed by atoms with E-state index in [4.69, 9.17) is 14.2 Å². The quantitative estimate of drug-likeness (QED) is 0.0799. The largest absolute Gasteiger partial charge is 0.513 e. The number of ether oxygens (including phenoxy) is 3.